The van der Waals surface area contributed by atoms with E-state index in [1.165, 1.54) is 29.5 Å². The van der Waals surface area contributed by atoms with E-state index in [2.05, 4.69) is 79.2 Å². The lowest BCUT2D eigenvalue weighted by Gasteiger charge is -2.38. The molecular formula is C28H39N3O. The Balaban J connectivity index is 1.26. The summed E-state index contributed by atoms with van der Waals surface area (Å²) in [6.07, 6.45) is 4.97. The fourth-order valence-corrected chi connectivity index (χ4v) is 4.85. The maximum Gasteiger partial charge on any atom is 0.238 e. The molecule has 1 N–H and O–H groups in total. The number of likely N-dealkylation sites (tertiary alicyclic amines) is 1. The summed E-state index contributed by atoms with van der Waals surface area (Å²) in [5.74, 6) is 0.0887. The molecule has 0 spiro atoms. The molecule has 1 heterocycles. The van der Waals surface area contributed by atoms with E-state index in [0.29, 0.717) is 12.6 Å². The number of aryl methyl sites for hydroxylation is 1. The van der Waals surface area contributed by atoms with Gasteiger partial charge < -0.3 is 5.32 Å². The molecule has 0 unspecified atom stereocenters. The molecule has 1 saturated heterocycles. The van der Waals surface area contributed by atoms with Gasteiger partial charge >= 0.3 is 0 Å². The SMILES string of the molecule is Cc1cccc(CN(C2CC2)C2CCN(CC(=O)Nc3ccc(C(C)(C)C)cc3)CC2)c1. The minimum atomic E-state index is 0.0887. The van der Waals surface area contributed by atoms with Crippen LogP contribution < -0.4 is 5.32 Å². The fourth-order valence-electron chi connectivity index (χ4n) is 4.85. The van der Waals surface area contributed by atoms with Crippen molar-refractivity contribution >= 4 is 11.6 Å². The maximum atomic E-state index is 12.6. The standard InChI is InChI=1S/C28H39N3O/c1-21-6-5-7-22(18-21)19-31(25-12-13-25)26-14-16-30(17-15-26)20-27(32)29-24-10-8-23(9-11-24)28(2,3)4/h5-11,18,25-26H,12-17,19-20H2,1-4H3,(H,29,32). The summed E-state index contributed by atoms with van der Waals surface area (Å²) in [5, 5.41) is 3.08. The molecule has 0 radical (unpaired) electrons. The van der Waals surface area contributed by atoms with Gasteiger partial charge in [-0.3, -0.25) is 14.6 Å². The molecule has 2 aromatic carbocycles. The van der Waals surface area contributed by atoms with Crippen molar-refractivity contribution in [1.29, 1.82) is 0 Å². The van der Waals surface area contributed by atoms with Crippen molar-refractivity contribution in [2.24, 2.45) is 0 Å². The summed E-state index contributed by atoms with van der Waals surface area (Å²) < 4.78 is 0. The second kappa shape index (κ2) is 9.76. The van der Waals surface area contributed by atoms with Crippen molar-refractivity contribution in [3.8, 4) is 0 Å². The lowest BCUT2D eigenvalue weighted by molar-refractivity contribution is -0.117. The van der Waals surface area contributed by atoms with Crippen molar-refractivity contribution in [3.05, 3.63) is 65.2 Å². The number of carbonyl (C=O) groups is 1. The number of nitrogens with zero attached hydrogens (tertiary/aromatic N) is 2. The molecule has 1 saturated carbocycles. The Morgan fingerprint density at radius 3 is 2.25 bits per heavy atom. The van der Waals surface area contributed by atoms with Crippen LogP contribution in [0, 0.1) is 6.92 Å². The summed E-state index contributed by atoms with van der Waals surface area (Å²) in [5.41, 5.74) is 5.06. The number of carbonyl (C=O) groups excluding carboxylic acids is 1. The Hall–Kier alpha value is -2.17. The third-order valence-electron chi connectivity index (χ3n) is 6.89. The normalized spacial score (nSPS) is 18.2. The first-order valence-corrected chi connectivity index (χ1v) is 12.2. The van der Waals surface area contributed by atoms with E-state index in [-0.39, 0.29) is 11.3 Å². The lowest BCUT2D eigenvalue weighted by Crippen LogP contribution is -2.47. The van der Waals surface area contributed by atoms with E-state index in [0.717, 1.165) is 44.2 Å². The summed E-state index contributed by atoms with van der Waals surface area (Å²) in [4.78, 5) is 17.7. The van der Waals surface area contributed by atoms with Gasteiger partial charge in [0.15, 0.2) is 0 Å². The summed E-state index contributed by atoms with van der Waals surface area (Å²) in [7, 11) is 0. The Morgan fingerprint density at radius 1 is 1.00 bits per heavy atom. The molecule has 32 heavy (non-hydrogen) atoms. The first kappa shape index (κ1) is 23.0. The van der Waals surface area contributed by atoms with Gasteiger partial charge in [-0.2, -0.15) is 0 Å². The fraction of sp³-hybridized carbons (Fsp3) is 0.536. The minimum absolute atomic E-state index is 0.0887. The smallest absolute Gasteiger partial charge is 0.238 e. The van der Waals surface area contributed by atoms with Crippen LogP contribution in [-0.2, 0) is 16.8 Å². The third-order valence-corrected chi connectivity index (χ3v) is 6.89. The molecule has 1 aliphatic carbocycles. The van der Waals surface area contributed by atoms with E-state index in [9.17, 15) is 4.79 Å². The topological polar surface area (TPSA) is 35.6 Å². The molecule has 0 bridgehead atoms. The van der Waals surface area contributed by atoms with Crippen molar-refractivity contribution in [1.82, 2.24) is 9.80 Å². The van der Waals surface area contributed by atoms with Gasteiger partial charge in [0.1, 0.15) is 0 Å². The van der Waals surface area contributed by atoms with Gasteiger partial charge in [0, 0.05) is 37.4 Å². The first-order chi connectivity index (χ1) is 15.3. The second-order valence-electron chi connectivity index (χ2n) is 10.8. The monoisotopic (exact) mass is 433 g/mol. The van der Waals surface area contributed by atoms with Crippen LogP contribution >= 0.6 is 0 Å². The number of benzene rings is 2. The molecule has 2 aromatic rings. The van der Waals surface area contributed by atoms with E-state index in [1.54, 1.807) is 0 Å². The molecule has 4 nitrogen and oxygen atoms in total. The van der Waals surface area contributed by atoms with E-state index >= 15 is 0 Å². The molecule has 0 atom stereocenters. The summed E-state index contributed by atoms with van der Waals surface area (Å²) in [6, 6.07) is 18.6. The number of piperidine rings is 1. The molecule has 2 aliphatic rings. The molecular weight excluding hydrogens is 394 g/mol. The van der Waals surface area contributed by atoms with Gasteiger partial charge in [0.25, 0.3) is 0 Å². The zero-order valence-electron chi connectivity index (χ0n) is 20.2. The number of amides is 1. The molecule has 1 aliphatic heterocycles. The molecule has 2 fully saturated rings. The third kappa shape index (κ3) is 6.20. The van der Waals surface area contributed by atoms with Crippen LogP contribution in [0.4, 0.5) is 5.69 Å². The van der Waals surface area contributed by atoms with Crippen molar-refractivity contribution in [3.63, 3.8) is 0 Å². The van der Waals surface area contributed by atoms with Crippen molar-refractivity contribution < 1.29 is 4.79 Å². The van der Waals surface area contributed by atoms with Gasteiger partial charge in [-0.1, -0.05) is 62.7 Å². The highest BCUT2D eigenvalue weighted by molar-refractivity contribution is 5.92. The van der Waals surface area contributed by atoms with Gasteiger partial charge in [0.05, 0.1) is 6.54 Å². The number of rotatable bonds is 7. The van der Waals surface area contributed by atoms with Gasteiger partial charge in [-0.05, 0) is 61.3 Å². The largest absolute Gasteiger partial charge is 0.325 e. The molecule has 1 amide bonds. The second-order valence-corrected chi connectivity index (χ2v) is 10.8. The van der Waals surface area contributed by atoms with E-state index in [4.69, 9.17) is 0 Å². The highest BCUT2D eigenvalue weighted by Crippen LogP contribution is 2.33. The predicted octanol–water partition coefficient (Wildman–Crippen LogP) is 5.36. The lowest BCUT2D eigenvalue weighted by atomic mass is 9.87. The highest BCUT2D eigenvalue weighted by Gasteiger charge is 2.35. The van der Waals surface area contributed by atoms with Crippen LogP contribution in [0.25, 0.3) is 0 Å². The van der Waals surface area contributed by atoms with Crippen molar-refractivity contribution in [2.75, 3.05) is 25.0 Å². The predicted molar refractivity (Wildman–Crippen MR) is 133 cm³/mol. The summed E-state index contributed by atoms with van der Waals surface area (Å²) in [6.45, 7) is 12.3. The Morgan fingerprint density at radius 2 is 1.66 bits per heavy atom. The van der Waals surface area contributed by atoms with Crippen LogP contribution in [-0.4, -0.2) is 47.4 Å². The molecule has 4 heteroatoms. The van der Waals surface area contributed by atoms with Crippen LogP contribution in [0.5, 0.6) is 0 Å². The number of nitrogens with one attached hydrogen (secondary N) is 1. The Kier molecular flexibility index (Phi) is 7.02. The van der Waals surface area contributed by atoms with Gasteiger partial charge in [0.2, 0.25) is 5.91 Å². The zero-order valence-corrected chi connectivity index (χ0v) is 20.2. The quantitative estimate of drug-likeness (QED) is 0.638. The van der Waals surface area contributed by atoms with Crippen LogP contribution in [0.3, 0.4) is 0 Å². The number of anilines is 1. The number of hydrogen-bond acceptors (Lipinski definition) is 3. The van der Waals surface area contributed by atoms with Crippen LogP contribution in [0.2, 0.25) is 0 Å². The Labute approximate surface area is 194 Å². The minimum Gasteiger partial charge on any atom is -0.325 e. The average Bonchev–Trinajstić information content (AvgIpc) is 3.58. The molecule has 4 rings (SSSR count). The highest BCUT2D eigenvalue weighted by atomic mass is 16.2. The summed E-state index contributed by atoms with van der Waals surface area (Å²) >= 11 is 0. The van der Waals surface area contributed by atoms with Gasteiger partial charge in [-0.25, -0.2) is 0 Å². The number of hydrogen-bond donors (Lipinski definition) is 1. The average molecular weight is 434 g/mol. The molecule has 0 aromatic heterocycles. The van der Waals surface area contributed by atoms with Gasteiger partial charge in [-0.15, -0.1) is 0 Å². The van der Waals surface area contributed by atoms with Crippen molar-refractivity contribution in [2.45, 2.75) is 77.4 Å². The van der Waals surface area contributed by atoms with Crippen LogP contribution in [0.15, 0.2) is 48.5 Å². The van der Waals surface area contributed by atoms with E-state index < -0.39 is 0 Å². The molecule has 172 valence electrons. The maximum absolute atomic E-state index is 12.6. The Bertz CT molecular complexity index is 903. The zero-order chi connectivity index (χ0) is 22.7. The van der Waals surface area contributed by atoms with E-state index in [1.807, 2.05) is 12.1 Å². The van der Waals surface area contributed by atoms with Crippen LogP contribution in [0.1, 0.15) is 63.1 Å². The first-order valence-electron chi connectivity index (χ1n) is 12.2.